The molecule has 0 unspecified atom stereocenters. The Hall–Kier alpha value is -2.39. The van der Waals surface area contributed by atoms with E-state index in [0.29, 0.717) is 11.3 Å². The molecule has 7 nitrogen and oxygen atoms in total. The third-order valence-corrected chi connectivity index (χ3v) is 5.92. The van der Waals surface area contributed by atoms with Crippen molar-refractivity contribution >= 4 is 50.1 Å². The Labute approximate surface area is 181 Å². The first-order chi connectivity index (χ1) is 13.8. The van der Waals surface area contributed by atoms with Crippen molar-refractivity contribution in [1.82, 2.24) is 0 Å². The molecule has 0 aliphatic carbocycles. The minimum atomic E-state index is -0.614. The Balaban J connectivity index is 2.19. The molecule has 0 radical (unpaired) electrons. The number of halogens is 1. The molecular formula is C20H22BrNO6S. The van der Waals surface area contributed by atoms with Gasteiger partial charge in [0.25, 0.3) is 5.91 Å². The number of hydrogen-bond donors (Lipinski definition) is 1. The van der Waals surface area contributed by atoms with Crippen LogP contribution in [0.5, 0.6) is 5.75 Å². The highest BCUT2D eigenvalue weighted by atomic mass is 79.9. The van der Waals surface area contributed by atoms with Gasteiger partial charge in [-0.3, -0.25) is 4.79 Å². The van der Waals surface area contributed by atoms with E-state index in [-0.39, 0.29) is 35.3 Å². The Morgan fingerprint density at radius 3 is 2.34 bits per heavy atom. The van der Waals surface area contributed by atoms with Gasteiger partial charge in [-0.25, -0.2) is 9.59 Å². The highest BCUT2D eigenvalue weighted by molar-refractivity contribution is 9.10. The van der Waals surface area contributed by atoms with Crippen molar-refractivity contribution in [2.75, 3.05) is 25.1 Å². The average molecular weight is 484 g/mol. The fourth-order valence-electron chi connectivity index (χ4n) is 2.46. The summed E-state index contributed by atoms with van der Waals surface area (Å²) in [5.74, 6) is -1.09. The Morgan fingerprint density at radius 2 is 1.72 bits per heavy atom. The maximum absolute atomic E-state index is 12.4. The number of carbonyl (C=O) groups is 3. The minimum absolute atomic E-state index is 0.146. The number of amides is 1. The minimum Gasteiger partial charge on any atom is -0.484 e. The molecule has 0 atom stereocenters. The fraction of sp³-hybridized carbons (Fsp3) is 0.350. The molecule has 0 saturated carbocycles. The third-order valence-electron chi connectivity index (χ3n) is 3.84. The molecule has 1 amide bonds. The molecule has 1 aromatic heterocycles. The maximum Gasteiger partial charge on any atom is 0.348 e. The van der Waals surface area contributed by atoms with Crippen molar-refractivity contribution in [3.05, 3.63) is 44.2 Å². The molecule has 0 bridgehead atoms. The zero-order valence-corrected chi connectivity index (χ0v) is 19.0. The van der Waals surface area contributed by atoms with E-state index in [1.807, 2.05) is 13.0 Å². The summed E-state index contributed by atoms with van der Waals surface area (Å²) in [6.45, 7) is 7.01. The summed E-state index contributed by atoms with van der Waals surface area (Å²) in [5.41, 5.74) is 1.53. The molecule has 0 aliphatic heterocycles. The smallest absolute Gasteiger partial charge is 0.348 e. The largest absolute Gasteiger partial charge is 0.484 e. The molecule has 29 heavy (non-hydrogen) atoms. The third kappa shape index (κ3) is 5.80. The van der Waals surface area contributed by atoms with Crippen molar-refractivity contribution in [3.63, 3.8) is 0 Å². The molecule has 0 aliphatic rings. The first-order valence-corrected chi connectivity index (χ1v) is 10.6. The van der Waals surface area contributed by atoms with E-state index in [2.05, 4.69) is 21.2 Å². The second-order valence-electron chi connectivity index (χ2n) is 5.95. The van der Waals surface area contributed by atoms with Gasteiger partial charge in [0, 0.05) is 4.47 Å². The van der Waals surface area contributed by atoms with Gasteiger partial charge in [-0.1, -0.05) is 15.9 Å². The van der Waals surface area contributed by atoms with Crippen LogP contribution in [-0.4, -0.2) is 37.7 Å². The monoisotopic (exact) mass is 483 g/mol. The summed E-state index contributed by atoms with van der Waals surface area (Å²) in [6, 6.07) is 5.37. The highest BCUT2D eigenvalue weighted by Crippen LogP contribution is 2.34. The molecule has 2 aromatic rings. The standard InChI is InChI=1S/C20H22BrNO6S/c1-5-26-19(24)16-12(4)17(20(25)27-6-2)29-18(16)22-15(23)10-28-13-7-8-14(21)11(3)9-13/h7-9H,5-6,10H2,1-4H3,(H,22,23). The predicted octanol–water partition coefficient (Wildman–Crippen LogP) is 4.50. The van der Waals surface area contributed by atoms with E-state index >= 15 is 0 Å². The van der Waals surface area contributed by atoms with Gasteiger partial charge in [-0.2, -0.15) is 0 Å². The van der Waals surface area contributed by atoms with Crippen molar-refractivity contribution in [2.45, 2.75) is 27.7 Å². The van der Waals surface area contributed by atoms with Gasteiger partial charge in [0.1, 0.15) is 15.6 Å². The number of nitrogens with one attached hydrogen (secondary N) is 1. The van der Waals surface area contributed by atoms with Crippen LogP contribution in [0.25, 0.3) is 0 Å². The number of esters is 2. The zero-order valence-electron chi connectivity index (χ0n) is 16.6. The second-order valence-corrected chi connectivity index (χ2v) is 7.82. The molecule has 0 fully saturated rings. The molecular weight excluding hydrogens is 462 g/mol. The Kier molecular flexibility index (Phi) is 8.21. The first-order valence-electron chi connectivity index (χ1n) is 8.94. The van der Waals surface area contributed by atoms with Gasteiger partial charge in [0.05, 0.1) is 18.8 Å². The maximum atomic E-state index is 12.4. The summed E-state index contributed by atoms with van der Waals surface area (Å²) >= 11 is 4.38. The Morgan fingerprint density at radius 1 is 1.07 bits per heavy atom. The number of hydrogen-bond acceptors (Lipinski definition) is 7. The quantitative estimate of drug-likeness (QED) is 0.555. The fourth-order valence-corrected chi connectivity index (χ4v) is 3.81. The molecule has 1 N–H and O–H groups in total. The number of benzene rings is 1. The molecule has 156 valence electrons. The van der Waals surface area contributed by atoms with Crippen LogP contribution in [0.3, 0.4) is 0 Å². The number of carbonyl (C=O) groups excluding carboxylic acids is 3. The van der Waals surface area contributed by atoms with Crippen molar-refractivity contribution < 1.29 is 28.6 Å². The lowest BCUT2D eigenvalue weighted by atomic mass is 10.1. The van der Waals surface area contributed by atoms with Crippen molar-refractivity contribution in [2.24, 2.45) is 0 Å². The lowest BCUT2D eigenvalue weighted by Crippen LogP contribution is -2.21. The van der Waals surface area contributed by atoms with Crippen LogP contribution in [0.2, 0.25) is 0 Å². The molecule has 1 heterocycles. The molecule has 9 heteroatoms. The van der Waals surface area contributed by atoms with Crippen LogP contribution >= 0.6 is 27.3 Å². The van der Waals surface area contributed by atoms with Crippen LogP contribution < -0.4 is 10.1 Å². The summed E-state index contributed by atoms with van der Waals surface area (Å²) in [7, 11) is 0. The second kappa shape index (κ2) is 10.4. The SMILES string of the molecule is CCOC(=O)c1sc(NC(=O)COc2ccc(Br)c(C)c2)c(C(=O)OCC)c1C. The van der Waals surface area contributed by atoms with Crippen LogP contribution in [0, 0.1) is 13.8 Å². The van der Waals surface area contributed by atoms with Crippen molar-refractivity contribution in [3.8, 4) is 5.75 Å². The molecule has 0 saturated heterocycles. The zero-order chi connectivity index (χ0) is 21.6. The van der Waals surface area contributed by atoms with Gasteiger partial charge in [-0.15, -0.1) is 11.3 Å². The van der Waals surface area contributed by atoms with E-state index in [4.69, 9.17) is 14.2 Å². The van der Waals surface area contributed by atoms with Gasteiger partial charge in [-0.05, 0) is 57.0 Å². The summed E-state index contributed by atoms with van der Waals surface area (Å²) in [5, 5.41) is 2.87. The van der Waals surface area contributed by atoms with E-state index in [1.165, 1.54) is 0 Å². The van der Waals surface area contributed by atoms with E-state index in [1.54, 1.807) is 32.9 Å². The summed E-state index contributed by atoms with van der Waals surface area (Å²) in [6.07, 6.45) is 0. The molecule has 0 spiro atoms. The number of rotatable bonds is 8. The van der Waals surface area contributed by atoms with Gasteiger partial charge in [0.15, 0.2) is 6.61 Å². The van der Waals surface area contributed by atoms with E-state index in [9.17, 15) is 14.4 Å². The number of thiophene rings is 1. The predicted molar refractivity (Wildman–Crippen MR) is 114 cm³/mol. The number of ether oxygens (including phenoxy) is 3. The average Bonchev–Trinajstić information content (AvgIpc) is 2.99. The first kappa shape index (κ1) is 22.9. The van der Waals surface area contributed by atoms with E-state index < -0.39 is 17.8 Å². The topological polar surface area (TPSA) is 90.9 Å². The lowest BCUT2D eigenvalue weighted by molar-refractivity contribution is -0.118. The van der Waals surface area contributed by atoms with Crippen LogP contribution in [0.15, 0.2) is 22.7 Å². The normalized spacial score (nSPS) is 10.4. The molecule has 2 rings (SSSR count). The summed E-state index contributed by atoms with van der Waals surface area (Å²) < 4.78 is 16.5. The van der Waals surface area contributed by atoms with Crippen LogP contribution in [-0.2, 0) is 14.3 Å². The van der Waals surface area contributed by atoms with Gasteiger partial charge >= 0.3 is 11.9 Å². The van der Waals surface area contributed by atoms with Crippen LogP contribution in [0.4, 0.5) is 5.00 Å². The van der Waals surface area contributed by atoms with Gasteiger partial charge < -0.3 is 19.5 Å². The Bertz CT molecular complexity index is 924. The van der Waals surface area contributed by atoms with E-state index in [0.717, 1.165) is 21.4 Å². The van der Waals surface area contributed by atoms with Gasteiger partial charge in [0.2, 0.25) is 0 Å². The number of anilines is 1. The number of aryl methyl sites for hydroxylation is 1. The highest BCUT2D eigenvalue weighted by Gasteiger charge is 2.27. The van der Waals surface area contributed by atoms with Crippen LogP contribution in [0.1, 0.15) is 45.0 Å². The molecule has 1 aromatic carbocycles. The van der Waals surface area contributed by atoms with Crippen molar-refractivity contribution in [1.29, 1.82) is 0 Å². The summed E-state index contributed by atoms with van der Waals surface area (Å²) in [4.78, 5) is 37.1. The lowest BCUT2D eigenvalue weighted by Gasteiger charge is -2.09.